The summed E-state index contributed by atoms with van der Waals surface area (Å²) in [7, 11) is -0.673. The molecule has 3 aromatic carbocycles. The number of phenolic OH excluding ortho intramolecular Hbond substituents is 1. The number of anilines is 1. The Bertz CT molecular complexity index is 1250. The van der Waals surface area contributed by atoms with E-state index in [0.717, 1.165) is 0 Å². The van der Waals surface area contributed by atoms with Crippen molar-refractivity contribution in [2.45, 2.75) is 4.90 Å². The van der Waals surface area contributed by atoms with Gasteiger partial charge in [0.05, 0.1) is 17.3 Å². The van der Waals surface area contributed by atoms with Crippen molar-refractivity contribution in [2.75, 3.05) is 24.9 Å². The molecule has 166 valence electrons. The lowest BCUT2D eigenvalue weighted by Gasteiger charge is -2.19. The van der Waals surface area contributed by atoms with Crippen LogP contribution < -0.4 is 9.46 Å². The second kappa shape index (κ2) is 8.76. The Balaban J connectivity index is 1.89. The molecule has 1 atom stereocenters. The summed E-state index contributed by atoms with van der Waals surface area (Å²) in [6, 6.07) is 10.9. The molecular formula is C22H17ClF2N2O4S. The van der Waals surface area contributed by atoms with Gasteiger partial charge in [-0.25, -0.2) is 13.0 Å². The first-order valence-corrected chi connectivity index (χ1v) is 11.0. The number of likely N-dealkylation sites (N-methyl/N-ethyl adjacent to an activating group) is 1. The SMILES string of the molecule is CN1CCOc2ccccc2-c2cc(c(F)cc2F)NS(=O)c2cc(cc(Cl)c2O)C1=O. The summed E-state index contributed by atoms with van der Waals surface area (Å²) >= 11 is 6.04. The van der Waals surface area contributed by atoms with Gasteiger partial charge in [0.2, 0.25) is 0 Å². The first-order valence-electron chi connectivity index (χ1n) is 9.44. The molecule has 2 N–H and O–H groups in total. The van der Waals surface area contributed by atoms with Crippen LogP contribution in [0, 0.1) is 11.6 Å². The van der Waals surface area contributed by atoms with Crippen LogP contribution in [0.25, 0.3) is 11.1 Å². The summed E-state index contributed by atoms with van der Waals surface area (Å²) in [6.07, 6.45) is 0. The minimum Gasteiger partial charge on any atom is -0.505 e. The first-order chi connectivity index (χ1) is 15.3. The number of nitrogens with zero attached hydrogens (tertiary/aromatic N) is 1. The van der Waals surface area contributed by atoms with E-state index in [1.54, 1.807) is 31.3 Å². The molecule has 1 amide bonds. The van der Waals surface area contributed by atoms with Gasteiger partial charge in [-0.05, 0) is 24.3 Å². The molecule has 0 aliphatic carbocycles. The monoisotopic (exact) mass is 478 g/mol. The molecule has 6 nitrogen and oxygen atoms in total. The number of hydrogen-bond acceptors (Lipinski definition) is 4. The third kappa shape index (κ3) is 4.13. The van der Waals surface area contributed by atoms with Crippen LogP contribution >= 0.6 is 11.6 Å². The molecule has 0 radical (unpaired) electrons. The lowest BCUT2D eigenvalue weighted by molar-refractivity contribution is 0.0773. The molecule has 0 spiro atoms. The lowest BCUT2D eigenvalue weighted by atomic mass is 10.0. The van der Waals surface area contributed by atoms with Crippen molar-refractivity contribution in [3.8, 4) is 22.6 Å². The number of phenols is 1. The summed E-state index contributed by atoms with van der Waals surface area (Å²) in [5, 5.41) is 10.1. The van der Waals surface area contributed by atoms with Crippen LogP contribution in [0.5, 0.6) is 11.5 Å². The van der Waals surface area contributed by atoms with Gasteiger partial charge >= 0.3 is 0 Å². The number of aromatic hydroxyl groups is 1. The molecule has 1 heterocycles. The van der Waals surface area contributed by atoms with E-state index in [0.29, 0.717) is 17.4 Å². The van der Waals surface area contributed by atoms with E-state index in [-0.39, 0.29) is 39.9 Å². The van der Waals surface area contributed by atoms with Crippen molar-refractivity contribution in [1.82, 2.24) is 4.90 Å². The summed E-state index contributed by atoms with van der Waals surface area (Å²) in [5.41, 5.74) is 0.190. The Hall–Kier alpha value is -3.17. The van der Waals surface area contributed by atoms with E-state index in [2.05, 4.69) is 4.72 Å². The Labute approximate surface area is 190 Å². The van der Waals surface area contributed by atoms with Crippen molar-refractivity contribution in [3.05, 3.63) is 70.8 Å². The van der Waals surface area contributed by atoms with Crippen LogP contribution in [0.3, 0.4) is 0 Å². The second-order valence-corrected chi connectivity index (χ2v) is 8.65. The molecule has 1 aliphatic rings. The third-order valence-electron chi connectivity index (χ3n) is 4.94. The molecule has 0 aromatic heterocycles. The average molecular weight is 479 g/mol. The fourth-order valence-electron chi connectivity index (χ4n) is 3.26. The average Bonchev–Trinajstić information content (AvgIpc) is 2.76. The first kappa shape index (κ1) is 22.0. The second-order valence-electron chi connectivity index (χ2n) is 7.06. The van der Waals surface area contributed by atoms with Gasteiger partial charge < -0.3 is 14.7 Å². The van der Waals surface area contributed by atoms with Crippen LogP contribution in [0.4, 0.5) is 14.5 Å². The predicted molar refractivity (Wildman–Crippen MR) is 117 cm³/mol. The van der Waals surface area contributed by atoms with E-state index in [4.69, 9.17) is 16.3 Å². The number of carbonyl (C=O) groups is 1. The van der Waals surface area contributed by atoms with Crippen LogP contribution in [0.15, 0.2) is 53.4 Å². The number of benzene rings is 3. The summed E-state index contributed by atoms with van der Waals surface area (Å²) in [4.78, 5) is 14.0. The number of halogens is 3. The molecule has 1 unspecified atom stereocenters. The number of rotatable bonds is 0. The highest BCUT2D eigenvalue weighted by Crippen LogP contribution is 2.36. The normalized spacial score (nSPS) is 16.3. The molecule has 4 rings (SSSR count). The van der Waals surface area contributed by atoms with Crippen molar-refractivity contribution in [1.29, 1.82) is 0 Å². The standard InChI is InChI=1S/C22H17ClF2N2O4S/c1-27-6-7-31-19-5-3-2-4-13(19)14-10-18(17(25)11-16(14)24)26-32(30)20-9-12(22(27)29)8-15(23)21(20)28/h2-5,8-11,26,28H,6-7H2,1H3. The Morgan fingerprint density at radius 2 is 1.88 bits per heavy atom. The number of hydrogen-bond donors (Lipinski definition) is 2. The predicted octanol–water partition coefficient (Wildman–Crippen LogP) is 4.59. The molecule has 0 fully saturated rings. The number of amides is 1. The summed E-state index contributed by atoms with van der Waals surface area (Å²) < 4.78 is 50.3. The van der Waals surface area contributed by atoms with Gasteiger partial charge in [-0.2, -0.15) is 0 Å². The minimum atomic E-state index is -2.22. The fraction of sp³-hybridized carbons (Fsp3) is 0.136. The fourth-order valence-corrected chi connectivity index (χ4v) is 4.52. The lowest BCUT2D eigenvalue weighted by Crippen LogP contribution is -2.31. The number of fused-ring (bicyclic) bond motifs is 6. The van der Waals surface area contributed by atoms with E-state index in [9.17, 15) is 22.9 Å². The molecule has 0 saturated carbocycles. The van der Waals surface area contributed by atoms with Gasteiger partial charge in [0, 0.05) is 29.8 Å². The smallest absolute Gasteiger partial charge is 0.253 e. The maximum atomic E-state index is 14.7. The number of ether oxygens (including phenoxy) is 1. The van der Waals surface area contributed by atoms with Crippen molar-refractivity contribution in [2.24, 2.45) is 0 Å². The van der Waals surface area contributed by atoms with E-state index in [1.165, 1.54) is 23.1 Å². The van der Waals surface area contributed by atoms with E-state index >= 15 is 0 Å². The van der Waals surface area contributed by atoms with E-state index in [1.807, 2.05) is 0 Å². The van der Waals surface area contributed by atoms with Gasteiger partial charge in [-0.15, -0.1) is 0 Å². The van der Waals surface area contributed by atoms with Crippen LogP contribution in [0.1, 0.15) is 10.4 Å². The molecule has 1 aliphatic heterocycles. The Morgan fingerprint density at radius 3 is 2.66 bits per heavy atom. The Kier molecular flexibility index (Phi) is 6.03. The van der Waals surface area contributed by atoms with Crippen molar-refractivity contribution >= 4 is 34.2 Å². The quantitative estimate of drug-likeness (QED) is 0.495. The summed E-state index contributed by atoms with van der Waals surface area (Å²) in [6.45, 7) is 0.275. The molecule has 10 heteroatoms. The van der Waals surface area contributed by atoms with Crippen molar-refractivity contribution < 1.29 is 27.6 Å². The summed E-state index contributed by atoms with van der Waals surface area (Å²) in [5.74, 6) is -2.45. The highest BCUT2D eigenvalue weighted by molar-refractivity contribution is 7.86. The van der Waals surface area contributed by atoms with E-state index < -0.39 is 34.3 Å². The number of para-hydroxylation sites is 1. The highest BCUT2D eigenvalue weighted by atomic mass is 35.5. The van der Waals surface area contributed by atoms with Crippen molar-refractivity contribution in [3.63, 3.8) is 0 Å². The molecule has 32 heavy (non-hydrogen) atoms. The Morgan fingerprint density at radius 1 is 1.12 bits per heavy atom. The van der Waals surface area contributed by atoms with Gasteiger partial charge in [0.1, 0.15) is 28.9 Å². The van der Waals surface area contributed by atoms with Crippen LogP contribution in [-0.2, 0) is 11.0 Å². The number of carbonyl (C=O) groups excluding carboxylic acids is 1. The van der Waals surface area contributed by atoms with Gasteiger partial charge in [0.25, 0.3) is 5.91 Å². The molecule has 3 aromatic rings. The highest BCUT2D eigenvalue weighted by Gasteiger charge is 2.22. The van der Waals surface area contributed by atoms with Crippen LogP contribution in [-0.4, -0.2) is 40.3 Å². The zero-order valence-corrected chi connectivity index (χ0v) is 18.3. The molecule has 4 bridgehead atoms. The van der Waals surface area contributed by atoms with Crippen LogP contribution in [0.2, 0.25) is 5.02 Å². The topological polar surface area (TPSA) is 78.9 Å². The largest absolute Gasteiger partial charge is 0.505 e. The zero-order valence-electron chi connectivity index (χ0n) is 16.7. The van der Waals surface area contributed by atoms with Gasteiger partial charge in [-0.1, -0.05) is 29.8 Å². The molecule has 0 saturated heterocycles. The number of nitrogens with one attached hydrogen (secondary N) is 1. The minimum absolute atomic E-state index is 0.0248. The van der Waals surface area contributed by atoms with Gasteiger partial charge in [0.15, 0.2) is 16.7 Å². The maximum absolute atomic E-state index is 14.7. The maximum Gasteiger partial charge on any atom is 0.253 e. The molecular weight excluding hydrogens is 462 g/mol. The zero-order chi connectivity index (χ0) is 23.0. The third-order valence-corrected chi connectivity index (χ3v) is 6.35. The van der Waals surface area contributed by atoms with Gasteiger partial charge in [-0.3, -0.25) is 9.52 Å².